The second-order valence-electron chi connectivity index (χ2n) is 4.60. The van der Waals surface area contributed by atoms with E-state index >= 15 is 0 Å². The summed E-state index contributed by atoms with van der Waals surface area (Å²) < 4.78 is 22.0. The molecule has 0 spiro atoms. The van der Waals surface area contributed by atoms with Crippen LogP contribution in [0.4, 0.5) is 5.69 Å². The van der Waals surface area contributed by atoms with Crippen molar-refractivity contribution in [3.05, 3.63) is 39.9 Å². The van der Waals surface area contributed by atoms with Crippen molar-refractivity contribution < 1.29 is 18.1 Å². The third-order valence-corrected chi connectivity index (χ3v) is 3.60. The molecule has 9 heteroatoms. The normalized spacial score (nSPS) is 12.1. The molecule has 1 amide bonds. The van der Waals surface area contributed by atoms with Crippen LogP contribution in [0.5, 0.6) is 0 Å². The van der Waals surface area contributed by atoms with E-state index in [0.717, 1.165) is 6.26 Å². The van der Waals surface area contributed by atoms with Gasteiger partial charge in [0.1, 0.15) is 9.84 Å². The number of amides is 1. The van der Waals surface area contributed by atoms with Gasteiger partial charge in [0.05, 0.1) is 10.7 Å². The van der Waals surface area contributed by atoms with Gasteiger partial charge < -0.3 is 5.32 Å². The molecule has 0 aliphatic heterocycles. The molecule has 0 saturated heterocycles. The van der Waals surface area contributed by atoms with Crippen molar-refractivity contribution in [2.24, 2.45) is 0 Å². The van der Waals surface area contributed by atoms with E-state index < -0.39 is 20.7 Å². The molecule has 7 nitrogen and oxygen atoms in total. The van der Waals surface area contributed by atoms with Gasteiger partial charge in [-0.3, -0.25) is 14.9 Å². The SMILES string of the molecule is C[C@@H](CCS(C)(=O)=O)NC(=O)c1cccc([N+](=O)[O-])c1.S. The Hall–Kier alpha value is -1.61. The van der Waals surface area contributed by atoms with Gasteiger partial charge in [0.2, 0.25) is 0 Å². The van der Waals surface area contributed by atoms with Crippen molar-refractivity contribution in [3.63, 3.8) is 0 Å². The zero-order chi connectivity index (χ0) is 15.3. The third kappa shape index (κ3) is 7.09. The van der Waals surface area contributed by atoms with E-state index in [9.17, 15) is 23.3 Å². The van der Waals surface area contributed by atoms with E-state index in [2.05, 4.69) is 5.32 Å². The first-order chi connectivity index (χ1) is 9.19. The highest BCUT2D eigenvalue weighted by Gasteiger charge is 2.14. The largest absolute Gasteiger partial charge is 0.350 e. The van der Waals surface area contributed by atoms with E-state index in [1.54, 1.807) is 6.92 Å². The predicted molar refractivity (Wildman–Crippen MR) is 84.7 cm³/mol. The number of nitrogens with zero attached hydrogens (tertiary/aromatic N) is 1. The lowest BCUT2D eigenvalue weighted by Gasteiger charge is -2.13. The minimum atomic E-state index is -3.08. The second-order valence-corrected chi connectivity index (χ2v) is 6.86. The Labute approximate surface area is 130 Å². The van der Waals surface area contributed by atoms with Gasteiger partial charge in [-0.1, -0.05) is 6.07 Å². The van der Waals surface area contributed by atoms with Crippen molar-refractivity contribution in [2.45, 2.75) is 19.4 Å². The van der Waals surface area contributed by atoms with Crippen molar-refractivity contribution in [1.29, 1.82) is 0 Å². The topological polar surface area (TPSA) is 106 Å². The summed E-state index contributed by atoms with van der Waals surface area (Å²) in [6.45, 7) is 1.68. The molecule has 1 aromatic carbocycles. The lowest BCUT2D eigenvalue weighted by Crippen LogP contribution is -2.33. The number of hydrogen-bond donors (Lipinski definition) is 1. The summed E-state index contributed by atoms with van der Waals surface area (Å²) in [4.78, 5) is 21.9. The molecule has 0 saturated carbocycles. The van der Waals surface area contributed by atoms with Crippen LogP contribution in [0.2, 0.25) is 0 Å². The number of rotatable bonds is 6. The van der Waals surface area contributed by atoms with Crippen LogP contribution in [0, 0.1) is 10.1 Å². The Bertz CT molecular complexity index is 616. The average Bonchev–Trinajstić information content (AvgIpc) is 2.35. The molecule has 0 heterocycles. The zero-order valence-corrected chi connectivity index (χ0v) is 13.5. The van der Waals surface area contributed by atoms with Gasteiger partial charge in [0.25, 0.3) is 11.6 Å². The van der Waals surface area contributed by atoms with Crippen LogP contribution < -0.4 is 5.32 Å². The smallest absolute Gasteiger partial charge is 0.270 e. The number of benzene rings is 1. The van der Waals surface area contributed by atoms with Crippen LogP contribution in [-0.2, 0) is 9.84 Å². The monoisotopic (exact) mass is 334 g/mol. The highest BCUT2D eigenvalue weighted by atomic mass is 32.2. The van der Waals surface area contributed by atoms with Crippen LogP contribution in [-0.4, -0.2) is 37.3 Å². The Balaban J connectivity index is 0.00000400. The molecular formula is C12H18N2O5S2. The number of carbonyl (C=O) groups is 1. The van der Waals surface area contributed by atoms with Gasteiger partial charge in [-0.2, -0.15) is 13.5 Å². The second kappa shape index (κ2) is 7.99. The molecule has 0 bridgehead atoms. The molecular weight excluding hydrogens is 316 g/mol. The van der Waals surface area contributed by atoms with E-state index in [0.29, 0.717) is 6.42 Å². The minimum absolute atomic E-state index is 0. The lowest BCUT2D eigenvalue weighted by atomic mass is 10.1. The summed E-state index contributed by atoms with van der Waals surface area (Å²) in [5, 5.41) is 13.2. The number of carbonyl (C=O) groups excluding carboxylic acids is 1. The number of non-ortho nitro benzene ring substituents is 1. The molecule has 0 radical (unpaired) electrons. The van der Waals surface area contributed by atoms with Crippen LogP contribution in [0.15, 0.2) is 24.3 Å². The standard InChI is InChI=1S/C12H16N2O5S.H2S/c1-9(6-7-20(2,18)19)13-12(15)10-4-3-5-11(8-10)14(16)17;/h3-5,8-9H,6-7H2,1-2H3,(H,13,15);1H2/t9-;/m0./s1. The van der Waals surface area contributed by atoms with E-state index in [4.69, 9.17) is 0 Å². The quantitative estimate of drug-likeness (QED) is 0.622. The van der Waals surface area contributed by atoms with Gasteiger partial charge >= 0.3 is 0 Å². The first-order valence-electron chi connectivity index (χ1n) is 5.92. The number of nitro groups is 1. The molecule has 1 N–H and O–H groups in total. The first kappa shape index (κ1) is 19.4. The van der Waals surface area contributed by atoms with Crippen molar-refractivity contribution >= 4 is 34.9 Å². The van der Waals surface area contributed by atoms with Crippen molar-refractivity contribution in [2.75, 3.05) is 12.0 Å². The third-order valence-electron chi connectivity index (χ3n) is 2.62. The Morgan fingerprint density at radius 1 is 1.43 bits per heavy atom. The number of nitro benzene ring substituents is 1. The number of nitrogens with one attached hydrogen (secondary N) is 1. The highest BCUT2D eigenvalue weighted by Crippen LogP contribution is 2.13. The molecule has 0 aliphatic carbocycles. The molecule has 0 unspecified atom stereocenters. The fourth-order valence-corrected chi connectivity index (χ4v) is 2.31. The summed E-state index contributed by atoms with van der Waals surface area (Å²) in [7, 11) is -3.08. The fraction of sp³-hybridized carbons (Fsp3) is 0.417. The van der Waals surface area contributed by atoms with Crippen LogP contribution in [0.25, 0.3) is 0 Å². The van der Waals surface area contributed by atoms with Crippen molar-refractivity contribution in [3.8, 4) is 0 Å². The van der Waals surface area contributed by atoms with E-state index in [1.807, 2.05) is 0 Å². The molecule has 1 aromatic rings. The molecule has 0 aliphatic rings. The molecule has 118 valence electrons. The maximum atomic E-state index is 11.9. The van der Waals surface area contributed by atoms with Gasteiger partial charge in [-0.05, 0) is 19.4 Å². The number of hydrogen-bond acceptors (Lipinski definition) is 5. The Kier molecular flexibility index (Phi) is 7.37. The maximum absolute atomic E-state index is 11.9. The minimum Gasteiger partial charge on any atom is -0.350 e. The molecule has 1 rings (SSSR count). The molecule has 0 aromatic heterocycles. The average molecular weight is 334 g/mol. The highest BCUT2D eigenvalue weighted by molar-refractivity contribution is 7.90. The van der Waals surface area contributed by atoms with E-state index in [1.165, 1.54) is 24.3 Å². The van der Waals surface area contributed by atoms with Gasteiger partial charge in [-0.15, -0.1) is 0 Å². The summed E-state index contributed by atoms with van der Waals surface area (Å²) >= 11 is 0. The fourth-order valence-electron chi connectivity index (χ4n) is 1.53. The Morgan fingerprint density at radius 2 is 2.05 bits per heavy atom. The van der Waals surface area contributed by atoms with Crippen LogP contribution in [0.1, 0.15) is 23.7 Å². The molecule has 1 atom stereocenters. The van der Waals surface area contributed by atoms with Crippen LogP contribution in [0.3, 0.4) is 0 Å². The van der Waals surface area contributed by atoms with Crippen LogP contribution >= 0.6 is 13.5 Å². The molecule has 0 fully saturated rings. The van der Waals surface area contributed by atoms with Gasteiger partial charge in [0, 0.05) is 30.0 Å². The summed E-state index contributed by atoms with van der Waals surface area (Å²) in [5.74, 6) is -0.488. The predicted octanol–water partition coefficient (Wildman–Crippen LogP) is 1.26. The molecule has 21 heavy (non-hydrogen) atoms. The summed E-state index contributed by atoms with van der Waals surface area (Å²) in [5.41, 5.74) is 0.00634. The van der Waals surface area contributed by atoms with E-state index in [-0.39, 0.29) is 36.5 Å². The first-order valence-corrected chi connectivity index (χ1v) is 7.98. The number of sulfone groups is 1. The Morgan fingerprint density at radius 3 is 2.57 bits per heavy atom. The maximum Gasteiger partial charge on any atom is 0.270 e. The van der Waals surface area contributed by atoms with Crippen molar-refractivity contribution in [1.82, 2.24) is 5.32 Å². The van der Waals surface area contributed by atoms with Gasteiger partial charge in [-0.25, -0.2) is 8.42 Å². The summed E-state index contributed by atoms with van der Waals surface area (Å²) in [6.07, 6.45) is 1.42. The van der Waals surface area contributed by atoms with Gasteiger partial charge in [0.15, 0.2) is 0 Å². The zero-order valence-electron chi connectivity index (χ0n) is 11.7. The lowest BCUT2D eigenvalue weighted by molar-refractivity contribution is -0.384. The summed E-state index contributed by atoms with van der Waals surface area (Å²) in [6, 6.07) is 5.03.